The highest BCUT2D eigenvalue weighted by Crippen LogP contribution is 2.41. The average molecular weight is 548 g/mol. The van der Waals surface area contributed by atoms with Crippen LogP contribution in [-0.4, -0.2) is 24.2 Å². The van der Waals surface area contributed by atoms with E-state index in [9.17, 15) is 28.0 Å². The van der Waals surface area contributed by atoms with Crippen molar-refractivity contribution >= 4 is 40.9 Å². The Kier molecular flexibility index (Phi) is 9.08. The summed E-state index contributed by atoms with van der Waals surface area (Å²) in [5.41, 5.74) is 0.541. The summed E-state index contributed by atoms with van der Waals surface area (Å²) in [6.07, 6.45) is -3.12. The summed E-state index contributed by atoms with van der Waals surface area (Å²) in [4.78, 5) is 25.4. The van der Waals surface area contributed by atoms with Gasteiger partial charge < -0.3 is 15.4 Å². The van der Waals surface area contributed by atoms with Crippen LogP contribution in [0, 0.1) is 11.3 Å². The number of carbonyl (C=O) groups is 2. The molecule has 0 fully saturated rings. The first kappa shape index (κ1) is 27.9. The minimum atomic E-state index is -4.54. The number of benzene rings is 2. The van der Waals surface area contributed by atoms with Gasteiger partial charge in [-0.25, -0.2) is 4.79 Å². The summed E-state index contributed by atoms with van der Waals surface area (Å²) in [7, 11) is 0. The lowest BCUT2D eigenvalue weighted by atomic mass is 9.82. The van der Waals surface area contributed by atoms with Gasteiger partial charge in [-0.3, -0.25) is 4.79 Å². The largest absolute Gasteiger partial charge is 0.458 e. The van der Waals surface area contributed by atoms with E-state index in [1.807, 2.05) is 0 Å². The van der Waals surface area contributed by atoms with Gasteiger partial charge in [-0.1, -0.05) is 54.2 Å². The van der Waals surface area contributed by atoms with Crippen molar-refractivity contribution in [3.8, 4) is 6.07 Å². The number of amides is 1. The Bertz CT molecular complexity index is 1310. The Hall–Kier alpha value is -3.68. The molecule has 0 saturated carbocycles. The van der Waals surface area contributed by atoms with Crippen molar-refractivity contribution < 1.29 is 27.5 Å². The number of esters is 1. The van der Waals surface area contributed by atoms with Crippen molar-refractivity contribution in [1.29, 1.82) is 5.26 Å². The topological polar surface area (TPSA) is 91.2 Å². The van der Waals surface area contributed by atoms with Crippen LogP contribution in [0.4, 0.5) is 18.9 Å². The molecule has 0 aromatic heterocycles. The van der Waals surface area contributed by atoms with Crippen LogP contribution in [0.5, 0.6) is 0 Å². The maximum absolute atomic E-state index is 13.0. The van der Waals surface area contributed by atoms with Crippen molar-refractivity contribution in [3.63, 3.8) is 0 Å². The Morgan fingerprint density at radius 2 is 1.97 bits per heavy atom. The van der Waals surface area contributed by atoms with Crippen molar-refractivity contribution in [2.45, 2.75) is 19.0 Å². The minimum Gasteiger partial charge on any atom is -0.458 e. The molecule has 1 aliphatic heterocycles. The number of nitrogens with one attached hydrogen (secondary N) is 2. The molecule has 2 N–H and O–H groups in total. The van der Waals surface area contributed by atoms with E-state index in [0.717, 1.165) is 23.9 Å². The molecule has 192 valence electrons. The molecule has 11 heteroatoms. The van der Waals surface area contributed by atoms with E-state index in [1.165, 1.54) is 18.2 Å². The second kappa shape index (κ2) is 12.0. The average Bonchev–Trinajstić information content (AvgIpc) is 2.85. The number of ether oxygens (including phenoxy) is 1. The fourth-order valence-electron chi connectivity index (χ4n) is 3.61. The normalized spacial score (nSPS) is 15.5. The smallest absolute Gasteiger partial charge is 0.416 e. The first-order valence-corrected chi connectivity index (χ1v) is 12.2. The fourth-order valence-corrected chi connectivity index (χ4v) is 4.62. The molecule has 0 aliphatic carbocycles. The molecule has 6 nitrogen and oxygen atoms in total. The number of dihydropyridines is 1. The van der Waals surface area contributed by atoms with Gasteiger partial charge in [0.1, 0.15) is 6.61 Å². The second-order valence-corrected chi connectivity index (χ2v) is 9.23. The molecular weight excluding hydrogens is 527 g/mol. The van der Waals surface area contributed by atoms with Crippen molar-refractivity contribution in [2.75, 3.05) is 17.7 Å². The third kappa shape index (κ3) is 6.96. The summed E-state index contributed by atoms with van der Waals surface area (Å²) >= 11 is 7.00. The first-order chi connectivity index (χ1) is 17.5. The molecule has 1 amide bonds. The SMILES string of the molecule is C=CCOC(=O)C1=C(C)NC(SCC(=O)Nc2cccc(C(F)(F)F)c2)=C(C#N)[C@H]1c1ccc(Cl)cc1. The number of nitriles is 1. The molecule has 0 bridgehead atoms. The van der Waals surface area contributed by atoms with Gasteiger partial charge in [0.25, 0.3) is 0 Å². The predicted octanol–water partition coefficient (Wildman–Crippen LogP) is 6.16. The predicted molar refractivity (Wildman–Crippen MR) is 136 cm³/mol. The Balaban J connectivity index is 1.87. The molecule has 37 heavy (non-hydrogen) atoms. The molecule has 1 heterocycles. The zero-order chi connectivity index (χ0) is 27.2. The zero-order valence-corrected chi connectivity index (χ0v) is 21.1. The first-order valence-electron chi connectivity index (χ1n) is 10.8. The number of nitrogens with zero attached hydrogens (tertiary/aromatic N) is 1. The van der Waals surface area contributed by atoms with Gasteiger partial charge in [0.05, 0.1) is 39.5 Å². The van der Waals surface area contributed by atoms with Crippen LogP contribution in [0.2, 0.25) is 5.02 Å². The van der Waals surface area contributed by atoms with Crippen LogP contribution in [0.25, 0.3) is 0 Å². The van der Waals surface area contributed by atoms with E-state index in [2.05, 4.69) is 23.3 Å². The quantitative estimate of drug-likeness (QED) is 0.304. The standard InChI is InChI=1S/C26H21ClF3N3O3S/c1-3-11-36-25(35)22-15(2)32-24(20(13-31)23(22)16-7-9-18(27)10-8-16)37-14-21(34)33-19-6-4-5-17(12-19)26(28,29)30/h3-10,12,23,32H,1,11,14H2,2H3,(H,33,34)/t23-/m1/s1. The summed E-state index contributed by atoms with van der Waals surface area (Å²) in [6.45, 7) is 5.15. The Morgan fingerprint density at radius 3 is 2.59 bits per heavy atom. The number of halogens is 4. The van der Waals surface area contributed by atoms with Crippen LogP contribution in [0.1, 0.15) is 24.0 Å². The maximum Gasteiger partial charge on any atom is 0.416 e. The lowest BCUT2D eigenvalue weighted by Gasteiger charge is -2.29. The number of hydrogen-bond acceptors (Lipinski definition) is 6. The van der Waals surface area contributed by atoms with Crippen LogP contribution in [0.3, 0.4) is 0 Å². The van der Waals surface area contributed by atoms with Crippen LogP contribution in [0.15, 0.2) is 83.1 Å². The Labute approximate surface area is 220 Å². The monoisotopic (exact) mass is 547 g/mol. The zero-order valence-electron chi connectivity index (χ0n) is 19.5. The third-order valence-corrected chi connectivity index (χ3v) is 6.49. The van der Waals surface area contributed by atoms with E-state index in [1.54, 1.807) is 31.2 Å². The summed E-state index contributed by atoms with van der Waals surface area (Å²) in [6, 6.07) is 13.0. The van der Waals surface area contributed by atoms with Crippen molar-refractivity contribution in [3.05, 3.63) is 99.2 Å². The molecule has 1 aliphatic rings. The number of carbonyl (C=O) groups excluding carboxylic acids is 2. The van der Waals surface area contributed by atoms with Gasteiger partial charge in [-0.05, 0) is 42.8 Å². The molecule has 2 aromatic rings. The Morgan fingerprint density at radius 1 is 1.27 bits per heavy atom. The number of hydrogen-bond donors (Lipinski definition) is 2. The van der Waals surface area contributed by atoms with Crippen LogP contribution in [-0.2, 0) is 20.5 Å². The van der Waals surface area contributed by atoms with Crippen molar-refractivity contribution in [1.82, 2.24) is 5.32 Å². The third-order valence-electron chi connectivity index (χ3n) is 5.22. The highest BCUT2D eigenvalue weighted by atomic mass is 35.5. The number of thioether (sulfide) groups is 1. The van der Waals surface area contributed by atoms with E-state index in [4.69, 9.17) is 16.3 Å². The van der Waals surface area contributed by atoms with Crippen molar-refractivity contribution in [2.24, 2.45) is 0 Å². The molecule has 2 aromatic carbocycles. The number of rotatable bonds is 8. The summed E-state index contributed by atoms with van der Waals surface area (Å²) < 4.78 is 44.1. The van der Waals surface area contributed by atoms with Crippen LogP contribution < -0.4 is 10.6 Å². The lowest BCUT2D eigenvalue weighted by molar-refractivity contribution is -0.138. The maximum atomic E-state index is 13.0. The molecule has 0 radical (unpaired) electrons. The van der Waals surface area contributed by atoms with Crippen LogP contribution >= 0.6 is 23.4 Å². The van der Waals surface area contributed by atoms with Gasteiger partial charge in [0, 0.05) is 16.4 Å². The minimum absolute atomic E-state index is 0.00566. The molecule has 1 atom stereocenters. The summed E-state index contributed by atoms with van der Waals surface area (Å²) in [5.74, 6) is -2.21. The second-order valence-electron chi connectivity index (χ2n) is 7.81. The van der Waals surface area contributed by atoms with E-state index in [-0.39, 0.29) is 29.2 Å². The van der Waals surface area contributed by atoms with E-state index in [0.29, 0.717) is 21.3 Å². The van der Waals surface area contributed by atoms with Gasteiger partial charge >= 0.3 is 12.1 Å². The van der Waals surface area contributed by atoms with Gasteiger partial charge in [-0.2, -0.15) is 18.4 Å². The molecule has 0 saturated heterocycles. The highest BCUT2D eigenvalue weighted by molar-refractivity contribution is 8.03. The number of alkyl halides is 3. The summed E-state index contributed by atoms with van der Waals surface area (Å²) in [5, 5.41) is 16.3. The molecule has 0 unspecified atom stereocenters. The number of anilines is 1. The van der Waals surface area contributed by atoms with E-state index < -0.39 is 29.5 Å². The fraction of sp³-hybridized carbons (Fsp3) is 0.192. The van der Waals surface area contributed by atoms with Gasteiger partial charge in [0.2, 0.25) is 5.91 Å². The highest BCUT2D eigenvalue weighted by Gasteiger charge is 2.36. The molecule has 0 spiro atoms. The molecule has 3 rings (SSSR count). The number of allylic oxidation sites excluding steroid dienone is 2. The molecular formula is C26H21ClF3N3O3S. The van der Waals surface area contributed by atoms with Gasteiger partial charge in [0.15, 0.2) is 0 Å². The lowest BCUT2D eigenvalue weighted by Crippen LogP contribution is -2.29. The van der Waals surface area contributed by atoms with E-state index >= 15 is 0 Å². The van der Waals surface area contributed by atoms with Gasteiger partial charge in [-0.15, -0.1) is 0 Å².